The summed E-state index contributed by atoms with van der Waals surface area (Å²) >= 11 is 1.96. The van der Waals surface area contributed by atoms with E-state index in [9.17, 15) is 0 Å². The van der Waals surface area contributed by atoms with Crippen molar-refractivity contribution in [2.45, 2.75) is 22.7 Å². The summed E-state index contributed by atoms with van der Waals surface area (Å²) in [5, 5.41) is 13.0. The molecule has 47 heavy (non-hydrogen) atoms. The number of benzene rings is 6. The van der Waals surface area contributed by atoms with Gasteiger partial charge in [-0.05, 0) is 69.1 Å². The minimum absolute atomic E-state index is 0.123. The SMILES string of the molecule is C1=CCC(C2Nc3c(ccc4ccc5cc(C6=NC(c7cccc(-c8ccccc8)c7)C=C(c7ccccc7)N6)ccc5c34)S2)C=C1. The second-order valence-electron chi connectivity index (χ2n) is 12.4. The number of amidine groups is 1. The van der Waals surface area contributed by atoms with Crippen molar-refractivity contribution in [3.8, 4) is 11.1 Å². The maximum Gasteiger partial charge on any atom is 0.133 e. The van der Waals surface area contributed by atoms with Crippen molar-refractivity contribution in [2.24, 2.45) is 10.9 Å². The van der Waals surface area contributed by atoms with Gasteiger partial charge in [0.05, 0.1) is 17.1 Å². The van der Waals surface area contributed by atoms with Crippen LogP contribution in [-0.4, -0.2) is 11.2 Å². The first-order valence-electron chi connectivity index (χ1n) is 16.3. The van der Waals surface area contributed by atoms with Crippen LogP contribution < -0.4 is 10.6 Å². The van der Waals surface area contributed by atoms with E-state index in [1.54, 1.807) is 0 Å². The van der Waals surface area contributed by atoms with Crippen LogP contribution in [-0.2, 0) is 0 Å². The van der Waals surface area contributed by atoms with Crippen LogP contribution in [0, 0.1) is 5.92 Å². The Kier molecular flexibility index (Phi) is 7.02. The summed E-state index contributed by atoms with van der Waals surface area (Å²) in [5.74, 6) is 1.37. The van der Waals surface area contributed by atoms with E-state index in [1.165, 1.54) is 48.8 Å². The number of fused-ring (bicyclic) bond motifs is 5. The zero-order chi connectivity index (χ0) is 31.2. The van der Waals surface area contributed by atoms with E-state index in [-0.39, 0.29) is 6.04 Å². The first-order valence-corrected chi connectivity index (χ1v) is 17.2. The van der Waals surface area contributed by atoms with E-state index < -0.39 is 0 Å². The molecule has 3 aliphatic rings. The highest BCUT2D eigenvalue weighted by Gasteiger charge is 2.29. The lowest BCUT2D eigenvalue weighted by atomic mass is 9.96. The second-order valence-corrected chi connectivity index (χ2v) is 13.6. The van der Waals surface area contributed by atoms with Gasteiger partial charge in [0.2, 0.25) is 0 Å². The lowest BCUT2D eigenvalue weighted by Crippen LogP contribution is -2.27. The summed E-state index contributed by atoms with van der Waals surface area (Å²) in [6.07, 6.45) is 12.3. The zero-order valence-corrected chi connectivity index (χ0v) is 26.6. The van der Waals surface area contributed by atoms with Gasteiger partial charge < -0.3 is 10.6 Å². The van der Waals surface area contributed by atoms with Gasteiger partial charge in [0.1, 0.15) is 5.84 Å². The number of hydrogen-bond acceptors (Lipinski definition) is 4. The fraction of sp³-hybridized carbons (Fsp3) is 0.0930. The van der Waals surface area contributed by atoms with Crippen LogP contribution in [0.2, 0.25) is 0 Å². The smallest absolute Gasteiger partial charge is 0.133 e. The third kappa shape index (κ3) is 5.25. The molecule has 2 heterocycles. The first-order chi connectivity index (χ1) is 23.3. The largest absolute Gasteiger partial charge is 0.371 e. The molecular weight excluding hydrogens is 591 g/mol. The summed E-state index contributed by atoms with van der Waals surface area (Å²) in [6, 6.07) is 45.6. The molecule has 6 aromatic rings. The van der Waals surface area contributed by atoms with Crippen LogP contribution in [0.3, 0.4) is 0 Å². The van der Waals surface area contributed by atoms with Crippen LogP contribution in [0.1, 0.15) is 29.2 Å². The van der Waals surface area contributed by atoms with Crippen molar-refractivity contribution in [1.82, 2.24) is 5.32 Å². The number of allylic oxidation sites excluding steroid dienone is 3. The number of nitrogens with one attached hydrogen (secondary N) is 2. The molecule has 0 radical (unpaired) electrons. The fourth-order valence-electron chi connectivity index (χ4n) is 7.02. The fourth-order valence-corrected chi connectivity index (χ4v) is 8.28. The van der Waals surface area contributed by atoms with Crippen LogP contribution in [0.25, 0.3) is 38.4 Å². The molecule has 3 unspecified atom stereocenters. The zero-order valence-electron chi connectivity index (χ0n) is 25.8. The van der Waals surface area contributed by atoms with E-state index in [2.05, 4.69) is 168 Å². The predicted molar refractivity (Wildman–Crippen MR) is 200 cm³/mol. The van der Waals surface area contributed by atoms with Crippen LogP contribution in [0.4, 0.5) is 5.69 Å². The highest BCUT2D eigenvalue weighted by molar-refractivity contribution is 8.00. The van der Waals surface area contributed by atoms with E-state index in [1.807, 2.05) is 11.8 Å². The summed E-state index contributed by atoms with van der Waals surface area (Å²) in [5.41, 5.74) is 8.13. The van der Waals surface area contributed by atoms with Crippen molar-refractivity contribution < 1.29 is 0 Å². The number of anilines is 1. The molecule has 0 spiro atoms. The van der Waals surface area contributed by atoms with E-state index in [0.29, 0.717) is 11.3 Å². The molecule has 226 valence electrons. The molecule has 1 aliphatic carbocycles. The second kappa shape index (κ2) is 11.8. The van der Waals surface area contributed by atoms with Crippen LogP contribution in [0.15, 0.2) is 168 Å². The summed E-state index contributed by atoms with van der Waals surface area (Å²) in [4.78, 5) is 6.66. The van der Waals surface area contributed by atoms with Gasteiger partial charge in [0, 0.05) is 27.5 Å². The molecule has 3 atom stereocenters. The summed E-state index contributed by atoms with van der Waals surface area (Å²) in [6.45, 7) is 0. The van der Waals surface area contributed by atoms with Crippen molar-refractivity contribution >= 4 is 50.5 Å². The third-order valence-electron chi connectivity index (χ3n) is 9.45. The molecule has 0 fully saturated rings. The Hall–Kier alpha value is -5.32. The maximum absolute atomic E-state index is 5.32. The van der Waals surface area contributed by atoms with Gasteiger partial charge in [0.25, 0.3) is 0 Å². The lowest BCUT2D eigenvalue weighted by Gasteiger charge is -2.24. The normalized spacial score (nSPS) is 20.0. The Labute approximate surface area is 279 Å². The van der Waals surface area contributed by atoms with Gasteiger partial charge in [-0.2, -0.15) is 0 Å². The number of hydrogen-bond donors (Lipinski definition) is 2. The molecule has 0 saturated heterocycles. The van der Waals surface area contributed by atoms with Crippen molar-refractivity contribution in [3.63, 3.8) is 0 Å². The lowest BCUT2D eigenvalue weighted by molar-refractivity contribution is 0.662. The average molecular weight is 624 g/mol. The molecule has 9 rings (SSSR count). The van der Waals surface area contributed by atoms with Gasteiger partial charge >= 0.3 is 0 Å². The molecule has 2 aliphatic heterocycles. The van der Waals surface area contributed by atoms with E-state index in [0.717, 1.165) is 29.1 Å². The van der Waals surface area contributed by atoms with Crippen LogP contribution in [0.5, 0.6) is 0 Å². The van der Waals surface area contributed by atoms with Crippen molar-refractivity contribution in [1.29, 1.82) is 0 Å². The molecular formula is C43H33N3S. The van der Waals surface area contributed by atoms with Crippen molar-refractivity contribution in [3.05, 3.63) is 174 Å². The Morgan fingerprint density at radius 2 is 1.45 bits per heavy atom. The summed E-state index contributed by atoms with van der Waals surface area (Å²) in [7, 11) is 0. The van der Waals surface area contributed by atoms with Gasteiger partial charge in [-0.15, -0.1) is 0 Å². The maximum atomic E-state index is 5.32. The van der Waals surface area contributed by atoms with E-state index in [4.69, 9.17) is 4.99 Å². The summed E-state index contributed by atoms with van der Waals surface area (Å²) < 4.78 is 0. The van der Waals surface area contributed by atoms with Gasteiger partial charge in [-0.25, -0.2) is 0 Å². The monoisotopic (exact) mass is 623 g/mol. The van der Waals surface area contributed by atoms with E-state index >= 15 is 0 Å². The Bertz CT molecular complexity index is 2270. The Morgan fingerprint density at radius 1 is 0.660 bits per heavy atom. The Morgan fingerprint density at radius 3 is 2.28 bits per heavy atom. The van der Waals surface area contributed by atoms with Gasteiger partial charge in [-0.3, -0.25) is 4.99 Å². The van der Waals surface area contributed by atoms with Gasteiger partial charge in [0.15, 0.2) is 0 Å². The average Bonchev–Trinajstić information content (AvgIpc) is 3.60. The minimum atomic E-state index is -0.123. The standard InChI is InChI=1S/C43H33N3S/c1-4-11-28(12-5-1)32-17-10-18-34(25-32)38-27-37(29-13-6-2-7-14-29)44-42(45-38)35-21-23-36-33(26-35)20-19-30-22-24-39-41(40(30)36)46-43(47-39)31-15-8-3-9-16-31/h1-15,17-27,31,38,43,46H,16H2,(H,44,45). The van der Waals surface area contributed by atoms with Crippen molar-refractivity contribution in [2.75, 3.05) is 5.32 Å². The molecule has 3 nitrogen and oxygen atoms in total. The molecule has 2 N–H and O–H groups in total. The number of aliphatic imine (C=N–C) groups is 1. The van der Waals surface area contributed by atoms with Gasteiger partial charge in [-0.1, -0.05) is 145 Å². The third-order valence-corrected chi connectivity index (χ3v) is 10.8. The first kappa shape index (κ1) is 27.9. The van der Waals surface area contributed by atoms with Crippen LogP contribution >= 0.6 is 11.8 Å². The molecule has 4 heteroatoms. The predicted octanol–water partition coefficient (Wildman–Crippen LogP) is 10.8. The molecule has 0 bridgehead atoms. The highest BCUT2D eigenvalue weighted by Crippen LogP contribution is 2.48. The highest BCUT2D eigenvalue weighted by atomic mass is 32.2. The molecule has 0 aromatic heterocycles. The quantitative estimate of drug-likeness (QED) is 0.188. The number of nitrogens with zero attached hydrogens (tertiary/aromatic N) is 1. The topological polar surface area (TPSA) is 36.4 Å². The number of rotatable bonds is 5. The molecule has 6 aromatic carbocycles. The Balaban J connectivity index is 1.11. The molecule has 0 saturated carbocycles. The molecule has 0 amide bonds. The number of thioether (sulfide) groups is 1. The minimum Gasteiger partial charge on any atom is -0.371 e.